The average Bonchev–Trinajstić information content (AvgIpc) is 2.13. The minimum absolute atomic E-state index is 0.0283. The molecule has 2 nitrogen and oxygen atoms in total. The largest absolute Gasteiger partial charge is 0.381 e. The van der Waals surface area contributed by atoms with Crippen LogP contribution in [0, 0.1) is 5.92 Å². The maximum atomic E-state index is 5.96. The first-order chi connectivity index (χ1) is 7.35. The second kappa shape index (κ2) is 8.08. The lowest BCUT2D eigenvalue weighted by atomic mass is 10.1. The molecule has 0 saturated heterocycles. The van der Waals surface area contributed by atoms with Gasteiger partial charge < -0.3 is 9.47 Å². The van der Waals surface area contributed by atoms with Crippen molar-refractivity contribution in [2.24, 2.45) is 5.92 Å². The van der Waals surface area contributed by atoms with Gasteiger partial charge in [-0.05, 0) is 46.0 Å². The second-order valence-corrected chi connectivity index (χ2v) is 5.87. The molecule has 0 fully saturated rings. The van der Waals surface area contributed by atoms with Crippen molar-refractivity contribution in [3.05, 3.63) is 0 Å². The van der Waals surface area contributed by atoms with E-state index in [0.717, 1.165) is 32.5 Å². The SMILES string of the molecule is CCC(CCCOCC(C)C)OC(C)(C)C. The summed E-state index contributed by atoms with van der Waals surface area (Å²) in [4.78, 5) is 0. The fourth-order valence-corrected chi connectivity index (χ4v) is 1.58. The van der Waals surface area contributed by atoms with Crippen molar-refractivity contribution in [3.63, 3.8) is 0 Å². The molecule has 0 aromatic rings. The minimum Gasteiger partial charge on any atom is -0.381 e. The Kier molecular flexibility index (Phi) is 8.04. The van der Waals surface area contributed by atoms with E-state index in [1.54, 1.807) is 0 Å². The molecule has 0 amide bonds. The first-order valence-electron chi connectivity index (χ1n) is 6.60. The molecule has 1 unspecified atom stereocenters. The van der Waals surface area contributed by atoms with Crippen LogP contribution in [0.4, 0.5) is 0 Å². The second-order valence-electron chi connectivity index (χ2n) is 5.87. The molecule has 0 aliphatic rings. The van der Waals surface area contributed by atoms with Crippen LogP contribution in [-0.2, 0) is 9.47 Å². The zero-order valence-corrected chi connectivity index (χ0v) is 12.0. The highest BCUT2D eigenvalue weighted by Crippen LogP contribution is 2.16. The molecule has 0 N–H and O–H groups in total. The summed E-state index contributed by atoms with van der Waals surface area (Å²) in [5, 5.41) is 0. The van der Waals surface area contributed by atoms with E-state index in [1.165, 1.54) is 0 Å². The molecule has 2 heteroatoms. The monoisotopic (exact) mass is 230 g/mol. The first-order valence-corrected chi connectivity index (χ1v) is 6.60. The van der Waals surface area contributed by atoms with Gasteiger partial charge in [-0.1, -0.05) is 20.8 Å². The lowest BCUT2D eigenvalue weighted by Crippen LogP contribution is -2.27. The zero-order valence-electron chi connectivity index (χ0n) is 12.0. The smallest absolute Gasteiger partial charge is 0.0602 e. The summed E-state index contributed by atoms with van der Waals surface area (Å²) in [5.41, 5.74) is -0.0283. The molecule has 0 aromatic carbocycles. The van der Waals surface area contributed by atoms with Crippen LogP contribution in [0.1, 0.15) is 60.8 Å². The molecule has 0 aliphatic carbocycles. The van der Waals surface area contributed by atoms with E-state index in [0.29, 0.717) is 12.0 Å². The summed E-state index contributed by atoms with van der Waals surface area (Å²) in [6.45, 7) is 14.6. The molecular formula is C14H30O2. The van der Waals surface area contributed by atoms with Crippen LogP contribution in [0.3, 0.4) is 0 Å². The van der Waals surface area contributed by atoms with Crippen molar-refractivity contribution in [1.82, 2.24) is 0 Å². The Bertz CT molecular complexity index is 159. The van der Waals surface area contributed by atoms with Gasteiger partial charge in [0.05, 0.1) is 11.7 Å². The highest BCUT2D eigenvalue weighted by atomic mass is 16.5. The van der Waals surface area contributed by atoms with Crippen molar-refractivity contribution in [2.75, 3.05) is 13.2 Å². The van der Waals surface area contributed by atoms with Crippen molar-refractivity contribution >= 4 is 0 Å². The summed E-state index contributed by atoms with van der Waals surface area (Å²) in [6, 6.07) is 0. The maximum absolute atomic E-state index is 5.96. The van der Waals surface area contributed by atoms with E-state index >= 15 is 0 Å². The molecule has 0 saturated carbocycles. The van der Waals surface area contributed by atoms with Gasteiger partial charge in [0.1, 0.15) is 0 Å². The van der Waals surface area contributed by atoms with Gasteiger partial charge in [0.25, 0.3) is 0 Å². The number of hydrogen-bond acceptors (Lipinski definition) is 2. The Balaban J connectivity index is 3.56. The predicted molar refractivity (Wildman–Crippen MR) is 69.8 cm³/mol. The van der Waals surface area contributed by atoms with Gasteiger partial charge in [0, 0.05) is 13.2 Å². The molecule has 0 rings (SSSR count). The van der Waals surface area contributed by atoms with Crippen LogP contribution < -0.4 is 0 Å². The van der Waals surface area contributed by atoms with Crippen LogP contribution in [0.5, 0.6) is 0 Å². The van der Waals surface area contributed by atoms with Crippen molar-refractivity contribution < 1.29 is 9.47 Å². The van der Waals surface area contributed by atoms with E-state index in [-0.39, 0.29) is 5.60 Å². The Morgan fingerprint density at radius 3 is 2.19 bits per heavy atom. The predicted octanol–water partition coefficient (Wildman–Crippen LogP) is 4.03. The Morgan fingerprint density at radius 2 is 1.75 bits per heavy atom. The molecule has 98 valence electrons. The number of ether oxygens (including phenoxy) is 2. The lowest BCUT2D eigenvalue weighted by Gasteiger charge is -2.27. The summed E-state index contributed by atoms with van der Waals surface area (Å²) in [7, 11) is 0. The molecule has 0 radical (unpaired) electrons. The summed E-state index contributed by atoms with van der Waals surface area (Å²) >= 11 is 0. The quantitative estimate of drug-likeness (QED) is 0.586. The Labute approximate surface area is 102 Å². The van der Waals surface area contributed by atoms with Gasteiger partial charge in [0.2, 0.25) is 0 Å². The van der Waals surface area contributed by atoms with E-state index in [4.69, 9.17) is 9.47 Å². The van der Waals surface area contributed by atoms with Gasteiger partial charge in [0.15, 0.2) is 0 Å². The molecule has 1 atom stereocenters. The lowest BCUT2D eigenvalue weighted by molar-refractivity contribution is -0.0670. The molecule has 0 spiro atoms. The van der Waals surface area contributed by atoms with Gasteiger partial charge in [-0.25, -0.2) is 0 Å². The fourth-order valence-electron chi connectivity index (χ4n) is 1.58. The standard InChI is InChI=1S/C14H30O2/c1-7-13(16-14(4,5)6)9-8-10-15-11-12(2)3/h12-13H,7-11H2,1-6H3. The Morgan fingerprint density at radius 1 is 1.12 bits per heavy atom. The summed E-state index contributed by atoms with van der Waals surface area (Å²) in [5.74, 6) is 0.632. The van der Waals surface area contributed by atoms with Crippen molar-refractivity contribution in [2.45, 2.75) is 72.5 Å². The maximum Gasteiger partial charge on any atom is 0.0602 e. The van der Waals surface area contributed by atoms with Crippen molar-refractivity contribution in [3.8, 4) is 0 Å². The minimum atomic E-state index is -0.0283. The molecule has 0 heterocycles. The van der Waals surface area contributed by atoms with Crippen LogP contribution in [0.25, 0.3) is 0 Å². The molecule has 0 aromatic heterocycles. The third-order valence-corrected chi connectivity index (χ3v) is 2.24. The Hall–Kier alpha value is -0.0800. The summed E-state index contributed by atoms with van der Waals surface area (Å²) in [6.07, 6.45) is 3.66. The molecule has 16 heavy (non-hydrogen) atoms. The van der Waals surface area contributed by atoms with Crippen LogP contribution >= 0.6 is 0 Å². The first kappa shape index (κ1) is 15.9. The van der Waals surface area contributed by atoms with E-state index in [1.807, 2.05) is 0 Å². The number of rotatable bonds is 8. The number of hydrogen-bond donors (Lipinski definition) is 0. The van der Waals surface area contributed by atoms with Crippen molar-refractivity contribution in [1.29, 1.82) is 0 Å². The third kappa shape index (κ3) is 10.4. The van der Waals surface area contributed by atoms with Gasteiger partial charge in [-0.3, -0.25) is 0 Å². The topological polar surface area (TPSA) is 18.5 Å². The van der Waals surface area contributed by atoms with Gasteiger partial charge in [-0.15, -0.1) is 0 Å². The third-order valence-electron chi connectivity index (χ3n) is 2.24. The highest BCUT2D eigenvalue weighted by Gasteiger charge is 2.16. The van der Waals surface area contributed by atoms with E-state index in [2.05, 4.69) is 41.5 Å². The van der Waals surface area contributed by atoms with Gasteiger partial charge in [-0.2, -0.15) is 0 Å². The van der Waals surface area contributed by atoms with Crippen LogP contribution in [0.2, 0.25) is 0 Å². The molecule has 0 aliphatic heterocycles. The highest BCUT2D eigenvalue weighted by molar-refractivity contribution is 4.65. The van der Waals surface area contributed by atoms with E-state index in [9.17, 15) is 0 Å². The van der Waals surface area contributed by atoms with E-state index < -0.39 is 0 Å². The normalized spacial score (nSPS) is 14.4. The molecule has 0 bridgehead atoms. The average molecular weight is 230 g/mol. The zero-order chi connectivity index (χ0) is 12.6. The summed E-state index contributed by atoms with van der Waals surface area (Å²) < 4.78 is 11.5. The van der Waals surface area contributed by atoms with Crippen LogP contribution in [0.15, 0.2) is 0 Å². The van der Waals surface area contributed by atoms with Crippen LogP contribution in [-0.4, -0.2) is 24.9 Å². The molecular weight excluding hydrogens is 200 g/mol. The fraction of sp³-hybridized carbons (Fsp3) is 1.00. The van der Waals surface area contributed by atoms with Gasteiger partial charge >= 0.3 is 0 Å².